The number of benzene rings is 2. The third kappa shape index (κ3) is 4.95. The lowest BCUT2D eigenvalue weighted by Crippen LogP contribution is -2.33. The van der Waals surface area contributed by atoms with Gasteiger partial charge in [0.15, 0.2) is 11.5 Å². The summed E-state index contributed by atoms with van der Waals surface area (Å²) in [6.45, 7) is 5.50. The summed E-state index contributed by atoms with van der Waals surface area (Å²) in [7, 11) is 0. The molecule has 1 heterocycles. The van der Waals surface area contributed by atoms with Crippen LogP contribution < -0.4 is 14.4 Å². The Bertz CT molecular complexity index is 856. The van der Waals surface area contributed by atoms with E-state index in [0.717, 1.165) is 27.5 Å². The SMILES string of the molecule is Cc1cc(C)cc(N(CCC#N)C(=O)CSc2ccc3c(c2)OCCO3)c1. The molecular formula is C21H22N2O3S. The number of aryl methyl sites for hydroxylation is 2. The largest absolute Gasteiger partial charge is 0.486 e. The first-order chi connectivity index (χ1) is 13.1. The van der Waals surface area contributed by atoms with Crippen LogP contribution in [-0.2, 0) is 4.79 Å². The van der Waals surface area contributed by atoms with Crippen molar-refractivity contribution >= 4 is 23.4 Å². The summed E-state index contributed by atoms with van der Waals surface area (Å²) in [6.07, 6.45) is 0.299. The third-order valence-corrected chi connectivity index (χ3v) is 5.12. The second-order valence-electron chi connectivity index (χ2n) is 6.39. The molecule has 0 aromatic heterocycles. The third-order valence-electron chi connectivity index (χ3n) is 4.14. The fraction of sp³-hybridized carbons (Fsp3) is 0.333. The molecule has 0 saturated heterocycles. The monoisotopic (exact) mass is 382 g/mol. The van der Waals surface area contributed by atoms with Crippen molar-refractivity contribution in [3.63, 3.8) is 0 Å². The van der Waals surface area contributed by atoms with Crippen LogP contribution in [0.2, 0.25) is 0 Å². The van der Waals surface area contributed by atoms with Gasteiger partial charge < -0.3 is 14.4 Å². The van der Waals surface area contributed by atoms with E-state index in [1.807, 2.05) is 44.2 Å². The molecule has 0 spiro atoms. The van der Waals surface area contributed by atoms with E-state index in [1.165, 1.54) is 11.8 Å². The fourth-order valence-corrected chi connectivity index (χ4v) is 3.80. The fourth-order valence-electron chi connectivity index (χ4n) is 3.00. The van der Waals surface area contributed by atoms with E-state index in [1.54, 1.807) is 4.90 Å². The highest BCUT2D eigenvalue weighted by atomic mass is 32.2. The van der Waals surface area contributed by atoms with E-state index in [0.29, 0.717) is 31.9 Å². The Kier molecular flexibility index (Phi) is 6.25. The molecule has 0 bridgehead atoms. The van der Waals surface area contributed by atoms with Gasteiger partial charge in [-0.25, -0.2) is 0 Å². The number of hydrogen-bond acceptors (Lipinski definition) is 5. The highest BCUT2D eigenvalue weighted by molar-refractivity contribution is 8.00. The van der Waals surface area contributed by atoms with Gasteiger partial charge in [0.05, 0.1) is 18.2 Å². The van der Waals surface area contributed by atoms with Gasteiger partial charge in [0.1, 0.15) is 13.2 Å². The second-order valence-corrected chi connectivity index (χ2v) is 7.44. The van der Waals surface area contributed by atoms with Gasteiger partial charge in [0.25, 0.3) is 0 Å². The Hall–Kier alpha value is -2.65. The van der Waals surface area contributed by atoms with E-state index >= 15 is 0 Å². The highest BCUT2D eigenvalue weighted by Crippen LogP contribution is 2.34. The molecule has 0 radical (unpaired) electrons. The van der Waals surface area contributed by atoms with Crippen molar-refractivity contribution in [3.05, 3.63) is 47.5 Å². The van der Waals surface area contributed by atoms with Gasteiger partial charge in [-0.15, -0.1) is 11.8 Å². The van der Waals surface area contributed by atoms with E-state index in [-0.39, 0.29) is 11.7 Å². The minimum absolute atomic E-state index is 0.0184. The minimum atomic E-state index is -0.0184. The molecule has 3 rings (SSSR count). The Labute approximate surface area is 163 Å². The predicted octanol–water partition coefficient (Wildman–Crippen LogP) is 4.11. The Morgan fingerprint density at radius 2 is 1.81 bits per heavy atom. The molecule has 2 aromatic rings. The molecule has 27 heavy (non-hydrogen) atoms. The standard InChI is InChI=1S/C21H22N2O3S/c1-15-10-16(2)12-17(11-15)23(7-3-6-22)21(24)14-27-18-4-5-19-20(13-18)26-9-8-25-19/h4-5,10-13H,3,7-9,14H2,1-2H3. The lowest BCUT2D eigenvalue weighted by molar-refractivity contribution is -0.116. The normalized spacial score (nSPS) is 12.3. The van der Waals surface area contributed by atoms with Crippen molar-refractivity contribution in [2.45, 2.75) is 25.2 Å². The van der Waals surface area contributed by atoms with Crippen LogP contribution >= 0.6 is 11.8 Å². The average molecular weight is 382 g/mol. The number of carbonyl (C=O) groups excluding carboxylic acids is 1. The maximum absolute atomic E-state index is 12.9. The molecule has 0 fully saturated rings. The highest BCUT2D eigenvalue weighted by Gasteiger charge is 2.18. The molecule has 140 valence electrons. The molecule has 5 nitrogen and oxygen atoms in total. The van der Waals surface area contributed by atoms with Crippen LogP contribution in [-0.4, -0.2) is 31.4 Å². The molecule has 1 aliphatic rings. The van der Waals surface area contributed by atoms with Crippen LogP contribution in [0.25, 0.3) is 0 Å². The smallest absolute Gasteiger partial charge is 0.237 e. The number of thioether (sulfide) groups is 1. The molecule has 1 aliphatic heterocycles. The number of anilines is 1. The van der Waals surface area contributed by atoms with Crippen LogP contribution in [0.4, 0.5) is 5.69 Å². The zero-order valence-electron chi connectivity index (χ0n) is 15.5. The zero-order chi connectivity index (χ0) is 19.2. The van der Waals surface area contributed by atoms with Crippen LogP contribution in [0.5, 0.6) is 11.5 Å². The first-order valence-corrected chi connectivity index (χ1v) is 9.83. The molecule has 2 aromatic carbocycles. The van der Waals surface area contributed by atoms with Gasteiger partial charge in [-0.05, 0) is 55.3 Å². The molecule has 6 heteroatoms. The van der Waals surface area contributed by atoms with Crippen molar-refractivity contribution in [1.29, 1.82) is 5.26 Å². The summed E-state index contributed by atoms with van der Waals surface area (Å²) in [5.74, 6) is 1.73. The lowest BCUT2D eigenvalue weighted by atomic mass is 10.1. The Morgan fingerprint density at radius 1 is 1.11 bits per heavy atom. The van der Waals surface area contributed by atoms with E-state index in [4.69, 9.17) is 14.7 Å². The number of nitriles is 1. The van der Waals surface area contributed by atoms with E-state index in [9.17, 15) is 4.79 Å². The van der Waals surface area contributed by atoms with E-state index in [2.05, 4.69) is 12.1 Å². The summed E-state index contributed by atoms with van der Waals surface area (Å²) >= 11 is 1.46. The Balaban J connectivity index is 1.71. The zero-order valence-corrected chi connectivity index (χ0v) is 16.3. The topological polar surface area (TPSA) is 62.6 Å². The minimum Gasteiger partial charge on any atom is -0.486 e. The summed E-state index contributed by atoms with van der Waals surface area (Å²) < 4.78 is 11.1. The Morgan fingerprint density at radius 3 is 2.52 bits per heavy atom. The van der Waals surface area contributed by atoms with Crippen molar-refractivity contribution in [1.82, 2.24) is 0 Å². The van der Waals surface area contributed by atoms with Gasteiger partial charge in [0.2, 0.25) is 5.91 Å². The number of ether oxygens (including phenoxy) is 2. The molecule has 0 unspecified atom stereocenters. The van der Waals surface area contributed by atoms with Crippen molar-refractivity contribution in [3.8, 4) is 17.6 Å². The van der Waals surface area contributed by atoms with E-state index < -0.39 is 0 Å². The maximum atomic E-state index is 12.9. The molecule has 0 atom stereocenters. The van der Waals surface area contributed by atoms with Crippen molar-refractivity contribution < 1.29 is 14.3 Å². The van der Waals surface area contributed by atoms with Gasteiger partial charge in [-0.2, -0.15) is 5.26 Å². The van der Waals surface area contributed by atoms with Crippen molar-refractivity contribution in [2.75, 3.05) is 30.4 Å². The lowest BCUT2D eigenvalue weighted by Gasteiger charge is -2.23. The summed E-state index contributed by atoms with van der Waals surface area (Å²) in [5, 5.41) is 8.95. The molecule has 0 aliphatic carbocycles. The number of amides is 1. The van der Waals surface area contributed by atoms with Crippen molar-refractivity contribution in [2.24, 2.45) is 0 Å². The van der Waals surface area contributed by atoms with Crippen LogP contribution in [0.15, 0.2) is 41.3 Å². The quantitative estimate of drug-likeness (QED) is 0.704. The molecule has 0 saturated carbocycles. The number of fused-ring (bicyclic) bond motifs is 1. The van der Waals surface area contributed by atoms with Crippen LogP contribution in [0.3, 0.4) is 0 Å². The van der Waals surface area contributed by atoms with Gasteiger partial charge >= 0.3 is 0 Å². The second kappa shape index (κ2) is 8.83. The molecular weight excluding hydrogens is 360 g/mol. The first-order valence-electron chi connectivity index (χ1n) is 8.85. The van der Waals surface area contributed by atoms with Crippen LogP contribution in [0.1, 0.15) is 17.5 Å². The predicted molar refractivity (Wildman–Crippen MR) is 107 cm³/mol. The molecule has 0 N–H and O–H groups in total. The summed E-state index contributed by atoms with van der Waals surface area (Å²) in [5.41, 5.74) is 3.04. The summed E-state index contributed by atoms with van der Waals surface area (Å²) in [6, 6.07) is 13.9. The maximum Gasteiger partial charge on any atom is 0.237 e. The van der Waals surface area contributed by atoms with Crippen LogP contribution in [0, 0.1) is 25.2 Å². The van der Waals surface area contributed by atoms with Gasteiger partial charge in [-0.1, -0.05) is 6.07 Å². The average Bonchev–Trinajstić information content (AvgIpc) is 2.65. The first kappa shape index (κ1) is 19.1. The van der Waals surface area contributed by atoms with Gasteiger partial charge in [-0.3, -0.25) is 4.79 Å². The summed E-state index contributed by atoms with van der Waals surface area (Å²) in [4.78, 5) is 15.5. The number of carbonyl (C=O) groups is 1. The number of nitrogens with zero attached hydrogens (tertiary/aromatic N) is 2. The number of rotatable bonds is 6. The molecule has 1 amide bonds. The van der Waals surface area contributed by atoms with Gasteiger partial charge in [0, 0.05) is 17.1 Å². The number of hydrogen-bond donors (Lipinski definition) is 0.